The predicted molar refractivity (Wildman–Crippen MR) is 58.1 cm³/mol. The number of aromatic carboxylic acids is 1. The number of carboxylic acid groups (broad SMARTS) is 1. The van der Waals surface area contributed by atoms with Crippen LogP contribution >= 0.6 is 27.3 Å². The summed E-state index contributed by atoms with van der Waals surface area (Å²) < 4.78 is 1.44. The van der Waals surface area contributed by atoms with Crippen molar-refractivity contribution in [3.05, 3.63) is 28.2 Å². The third kappa shape index (κ3) is 1.29. The Hall–Kier alpha value is -1.07. The SMILES string of the molecule is O=C(O)c1c(O)sc2cccc(Br)c12. The van der Waals surface area contributed by atoms with Crippen LogP contribution in [-0.4, -0.2) is 16.2 Å². The minimum absolute atomic E-state index is 0.0301. The minimum Gasteiger partial charge on any atom is -0.499 e. The second kappa shape index (κ2) is 3.25. The molecule has 0 amide bonds. The van der Waals surface area contributed by atoms with E-state index in [1.165, 1.54) is 0 Å². The summed E-state index contributed by atoms with van der Waals surface area (Å²) in [5.41, 5.74) is -0.0301. The summed E-state index contributed by atoms with van der Waals surface area (Å²) >= 11 is 4.33. The van der Waals surface area contributed by atoms with E-state index in [1.807, 2.05) is 0 Å². The molecule has 14 heavy (non-hydrogen) atoms. The second-order valence-corrected chi connectivity index (χ2v) is 4.59. The van der Waals surface area contributed by atoms with Gasteiger partial charge in [0.15, 0.2) is 5.06 Å². The first kappa shape index (κ1) is 9.48. The van der Waals surface area contributed by atoms with Gasteiger partial charge < -0.3 is 10.2 Å². The van der Waals surface area contributed by atoms with Crippen molar-refractivity contribution in [1.82, 2.24) is 0 Å². The van der Waals surface area contributed by atoms with E-state index in [2.05, 4.69) is 15.9 Å². The number of halogens is 1. The van der Waals surface area contributed by atoms with Crippen LogP contribution in [0.15, 0.2) is 22.7 Å². The van der Waals surface area contributed by atoms with Crippen molar-refractivity contribution in [2.45, 2.75) is 0 Å². The van der Waals surface area contributed by atoms with Crippen molar-refractivity contribution in [3.63, 3.8) is 0 Å². The van der Waals surface area contributed by atoms with Gasteiger partial charge in [0.25, 0.3) is 0 Å². The summed E-state index contributed by atoms with van der Waals surface area (Å²) in [6.45, 7) is 0. The lowest BCUT2D eigenvalue weighted by Gasteiger charge is -1.95. The van der Waals surface area contributed by atoms with Crippen LogP contribution in [-0.2, 0) is 0 Å². The summed E-state index contributed by atoms with van der Waals surface area (Å²) in [5.74, 6) is -1.11. The van der Waals surface area contributed by atoms with Crippen LogP contribution in [0.2, 0.25) is 0 Å². The van der Waals surface area contributed by atoms with E-state index in [0.717, 1.165) is 16.0 Å². The lowest BCUT2D eigenvalue weighted by molar-refractivity contribution is 0.0697. The number of carbonyl (C=O) groups is 1. The first-order valence-electron chi connectivity index (χ1n) is 3.74. The molecule has 3 nitrogen and oxygen atoms in total. The normalized spacial score (nSPS) is 10.6. The molecule has 1 aromatic heterocycles. The topological polar surface area (TPSA) is 57.5 Å². The molecule has 0 saturated carbocycles. The van der Waals surface area contributed by atoms with Crippen molar-refractivity contribution < 1.29 is 15.0 Å². The number of hydrogen-bond acceptors (Lipinski definition) is 3. The van der Waals surface area contributed by atoms with Gasteiger partial charge in [-0.05, 0) is 12.1 Å². The van der Waals surface area contributed by atoms with Crippen LogP contribution in [0.4, 0.5) is 0 Å². The third-order valence-corrected chi connectivity index (χ3v) is 3.48. The summed E-state index contributed by atoms with van der Waals surface area (Å²) in [6, 6.07) is 5.33. The first-order valence-corrected chi connectivity index (χ1v) is 5.35. The molecule has 72 valence electrons. The van der Waals surface area contributed by atoms with Crippen LogP contribution in [0.5, 0.6) is 5.06 Å². The Labute approximate surface area is 91.7 Å². The molecule has 0 spiro atoms. The van der Waals surface area contributed by atoms with Gasteiger partial charge in [0.2, 0.25) is 0 Å². The number of aromatic hydroxyl groups is 1. The number of thiophene rings is 1. The fourth-order valence-electron chi connectivity index (χ4n) is 1.29. The molecule has 2 rings (SSSR count). The Kier molecular flexibility index (Phi) is 2.20. The minimum atomic E-state index is -1.11. The van der Waals surface area contributed by atoms with Crippen molar-refractivity contribution in [1.29, 1.82) is 0 Å². The van der Waals surface area contributed by atoms with Crippen molar-refractivity contribution in [2.75, 3.05) is 0 Å². The average molecular weight is 273 g/mol. The fraction of sp³-hybridized carbons (Fsp3) is 0. The Morgan fingerprint density at radius 2 is 2.14 bits per heavy atom. The van der Waals surface area contributed by atoms with Gasteiger partial charge in [0, 0.05) is 14.6 Å². The van der Waals surface area contributed by atoms with E-state index >= 15 is 0 Å². The van der Waals surface area contributed by atoms with E-state index in [1.54, 1.807) is 18.2 Å². The number of fused-ring (bicyclic) bond motifs is 1. The van der Waals surface area contributed by atoms with Crippen molar-refractivity contribution in [3.8, 4) is 5.06 Å². The standard InChI is InChI=1S/C9H5BrO3S/c10-4-2-1-3-5-6(4)7(8(11)12)9(13)14-5/h1-3,13H,(H,11,12). The van der Waals surface area contributed by atoms with Gasteiger partial charge in [-0.2, -0.15) is 0 Å². The Balaban J connectivity index is 2.93. The molecular weight excluding hydrogens is 268 g/mol. The summed E-state index contributed by atoms with van der Waals surface area (Å²) in [5, 5.41) is 18.8. The molecular formula is C9H5BrO3S. The van der Waals surface area contributed by atoms with Gasteiger partial charge in [0.1, 0.15) is 5.56 Å². The maximum absolute atomic E-state index is 10.9. The quantitative estimate of drug-likeness (QED) is 0.839. The lowest BCUT2D eigenvalue weighted by atomic mass is 10.2. The molecule has 0 atom stereocenters. The Morgan fingerprint density at radius 3 is 2.79 bits per heavy atom. The average Bonchev–Trinajstić information content (AvgIpc) is 2.42. The maximum Gasteiger partial charge on any atom is 0.341 e. The zero-order valence-corrected chi connectivity index (χ0v) is 9.22. The number of rotatable bonds is 1. The van der Waals surface area contributed by atoms with E-state index in [-0.39, 0.29) is 10.6 Å². The molecule has 0 aliphatic rings. The second-order valence-electron chi connectivity index (χ2n) is 2.70. The molecule has 2 N–H and O–H groups in total. The summed E-state index contributed by atoms with van der Waals surface area (Å²) in [7, 11) is 0. The lowest BCUT2D eigenvalue weighted by Crippen LogP contribution is -1.94. The van der Waals surface area contributed by atoms with Crippen LogP contribution in [0, 0.1) is 0 Å². The van der Waals surface area contributed by atoms with E-state index in [0.29, 0.717) is 9.86 Å². The van der Waals surface area contributed by atoms with Crippen LogP contribution in [0.1, 0.15) is 10.4 Å². The van der Waals surface area contributed by atoms with Crippen LogP contribution in [0.25, 0.3) is 10.1 Å². The predicted octanol–water partition coefficient (Wildman–Crippen LogP) is 3.07. The van der Waals surface area contributed by atoms with Gasteiger partial charge in [-0.15, -0.1) is 0 Å². The molecule has 2 aromatic rings. The summed E-state index contributed by atoms with van der Waals surface area (Å²) in [4.78, 5) is 10.9. The number of carboxylic acids is 1. The number of hydrogen-bond donors (Lipinski definition) is 2. The molecule has 0 fully saturated rings. The first-order chi connectivity index (χ1) is 6.61. The fourth-order valence-corrected chi connectivity index (χ4v) is 2.95. The monoisotopic (exact) mass is 272 g/mol. The van der Waals surface area contributed by atoms with Gasteiger partial charge >= 0.3 is 5.97 Å². The van der Waals surface area contributed by atoms with E-state index in [9.17, 15) is 9.90 Å². The highest BCUT2D eigenvalue weighted by molar-refractivity contribution is 9.10. The summed E-state index contributed by atoms with van der Waals surface area (Å²) in [6.07, 6.45) is 0. The highest BCUT2D eigenvalue weighted by atomic mass is 79.9. The van der Waals surface area contributed by atoms with E-state index < -0.39 is 5.97 Å². The van der Waals surface area contributed by atoms with E-state index in [4.69, 9.17) is 5.11 Å². The van der Waals surface area contributed by atoms with Crippen molar-refractivity contribution in [2.24, 2.45) is 0 Å². The molecule has 0 aliphatic heterocycles. The molecule has 0 aliphatic carbocycles. The van der Waals surface area contributed by atoms with Gasteiger partial charge in [0.05, 0.1) is 0 Å². The highest BCUT2D eigenvalue weighted by Gasteiger charge is 2.19. The van der Waals surface area contributed by atoms with Gasteiger partial charge in [-0.3, -0.25) is 0 Å². The molecule has 1 aromatic carbocycles. The number of benzene rings is 1. The maximum atomic E-state index is 10.9. The molecule has 0 saturated heterocycles. The smallest absolute Gasteiger partial charge is 0.341 e. The van der Waals surface area contributed by atoms with Crippen LogP contribution < -0.4 is 0 Å². The zero-order valence-electron chi connectivity index (χ0n) is 6.82. The van der Waals surface area contributed by atoms with Crippen LogP contribution in [0.3, 0.4) is 0 Å². The van der Waals surface area contributed by atoms with Gasteiger partial charge in [-0.25, -0.2) is 4.79 Å². The Bertz CT molecular complexity index is 518. The molecule has 0 unspecified atom stereocenters. The van der Waals surface area contributed by atoms with Crippen molar-refractivity contribution >= 4 is 43.3 Å². The highest BCUT2D eigenvalue weighted by Crippen LogP contribution is 2.40. The third-order valence-electron chi connectivity index (χ3n) is 1.86. The molecule has 0 bridgehead atoms. The zero-order chi connectivity index (χ0) is 10.3. The largest absolute Gasteiger partial charge is 0.499 e. The molecule has 0 radical (unpaired) electrons. The Morgan fingerprint density at radius 1 is 1.43 bits per heavy atom. The van der Waals surface area contributed by atoms with Gasteiger partial charge in [-0.1, -0.05) is 33.3 Å². The molecule has 1 heterocycles. The molecule has 5 heteroatoms.